The van der Waals surface area contributed by atoms with Gasteiger partial charge in [-0.25, -0.2) is 12.8 Å². The first-order chi connectivity index (χ1) is 9.79. The number of hydrogen-bond acceptors (Lipinski definition) is 3. The fraction of sp³-hybridized carbons (Fsp3) is 0. The van der Waals surface area contributed by atoms with Crippen molar-refractivity contribution in [1.29, 1.82) is 0 Å². The topological polar surface area (TPSA) is 63.2 Å². The maximum Gasteiger partial charge on any atom is 0.261 e. The molecule has 4 nitrogen and oxygen atoms in total. The third kappa shape index (κ3) is 3.92. The Bertz CT molecular complexity index is 811. The Morgan fingerprint density at radius 3 is 2.43 bits per heavy atom. The van der Waals surface area contributed by atoms with Gasteiger partial charge >= 0.3 is 0 Å². The van der Waals surface area contributed by atoms with Crippen molar-refractivity contribution in [2.24, 2.45) is 0 Å². The largest absolute Gasteiger partial charge is 0.319 e. The van der Waals surface area contributed by atoms with Gasteiger partial charge in [0.25, 0.3) is 15.0 Å². The SMILES string of the molecule is O=C(Nc1ccc(S(=O)(=O)Cl)cc1F)c1ccccc1I. The second-order valence-corrected chi connectivity index (χ2v) is 7.74. The first-order valence-electron chi connectivity index (χ1n) is 5.59. The highest BCUT2D eigenvalue weighted by atomic mass is 127. The van der Waals surface area contributed by atoms with E-state index < -0.39 is 20.8 Å². The van der Waals surface area contributed by atoms with Crippen LogP contribution in [-0.2, 0) is 9.05 Å². The Kier molecular flexibility index (Phi) is 4.84. The van der Waals surface area contributed by atoms with Crippen LogP contribution in [0.15, 0.2) is 47.4 Å². The zero-order valence-corrected chi connectivity index (χ0v) is 14.0. The summed E-state index contributed by atoms with van der Waals surface area (Å²) in [5, 5.41) is 2.39. The number of amides is 1. The van der Waals surface area contributed by atoms with Gasteiger partial charge in [0.1, 0.15) is 5.82 Å². The molecule has 0 heterocycles. The molecule has 0 aliphatic heterocycles. The van der Waals surface area contributed by atoms with E-state index in [1.165, 1.54) is 0 Å². The van der Waals surface area contributed by atoms with Crippen molar-refractivity contribution in [2.75, 3.05) is 5.32 Å². The van der Waals surface area contributed by atoms with E-state index in [0.717, 1.165) is 18.2 Å². The van der Waals surface area contributed by atoms with E-state index in [9.17, 15) is 17.6 Å². The highest BCUT2D eigenvalue weighted by Gasteiger charge is 2.16. The van der Waals surface area contributed by atoms with Gasteiger partial charge in [-0.05, 0) is 52.9 Å². The van der Waals surface area contributed by atoms with Crippen LogP contribution in [-0.4, -0.2) is 14.3 Å². The number of anilines is 1. The molecule has 0 aliphatic carbocycles. The molecule has 0 bridgehead atoms. The quantitative estimate of drug-likeness (QED) is 0.587. The number of benzene rings is 2. The standard InChI is InChI=1S/C13H8ClFINO3S/c14-21(19,20)8-5-6-12(10(15)7-8)17-13(18)9-3-1-2-4-11(9)16/h1-7H,(H,17,18). The summed E-state index contributed by atoms with van der Waals surface area (Å²) in [6, 6.07) is 9.85. The monoisotopic (exact) mass is 439 g/mol. The van der Waals surface area contributed by atoms with Crippen LogP contribution in [0.2, 0.25) is 0 Å². The molecular weight excluding hydrogens is 432 g/mol. The van der Waals surface area contributed by atoms with Crippen molar-refractivity contribution < 1.29 is 17.6 Å². The molecule has 2 rings (SSSR count). The lowest BCUT2D eigenvalue weighted by atomic mass is 10.2. The van der Waals surface area contributed by atoms with Crippen molar-refractivity contribution in [3.05, 3.63) is 57.4 Å². The molecular formula is C13H8ClFINO3S. The lowest BCUT2D eigenvalue weighted by Crippen LogP contribution is -2.14. The minimum absolute atomic E-state index is 0.122. The van der Waals surface area contributed by atoms with E-state index in [1.54, 1.807) is 24.3 Å². The van der Waals surface area contributed by atoms with Crippen LogP contribution in [0.25, 0.3) is 0 Å². The molecule has 0 spiro atoms. The van der Waals surface area contributed by atoms with E-state index in [4.69, 9.17) is 10.7 Å². The van der Waals surface area contributed by atoms with Gasteiger partial charge in [0.05, 0.1) is 16.1 Å². The molecule has 0 unspecified atom stereocenters. The van der Waals surface area contributed by atoms with E-state index in [0.29, 0.717) is 9.13 Å². The molecule has 1 amide bonds. The van der Waals surface area contributed by atoms with E-state index in [-0.39, 0.29) is 10.6 Å². The van der Waals surface area contributed by atoms with Crippen LogP contribution in [0.1, 0.15) is 10.4 Å². The van der Waals surface area contributed by atoms with Crippen molar-refractivity contribution >= 4 is 53.9 Å². The van der Waals surface area contributed by atoms with Crippen molar-refractivity contribution in [3.63, 3.8) is 0 Å². The van der Waals surface area contributed by atoms with E-state index in [1.807, 2.05) is 22.6 Å². The molecule has 0 radical (unpaired) electrons. The van der Waals surface area contributed by atoms with Crippen LogP contribution >= 0.6 is 33.3 Å². The average molecular weight is 440 g/mol. The van der Waals surface area contributed by atoms with Gasteiger partial charge in [-0.2, -0.15) is 0 Å². The highest BCUT2D eigenvalue weighted by Crippen LogP contribution is 2.22. The Labute approximate surface area is 138 Å². The number of hydrogen-bond donors (Lipinski definition) is 1. The van der Waals surface area contributed by atoms with Gasteiger partial charge in [-0.1, -0.05) is 12.1 Å². The Balaban J connectivity index is 2.29. The minimum atomic E-state index is -4.01. The average Bonchev–Trinajstić information content (AvgIpc) is 2.40. The van der Waals surface area contributed by atoms with Gasteiger partial charge in [-0.3, -0.25) is 4.79 Å². The number of carbonyl (C=O) groups excluding carboxylic acids is 1. The number of halogens is 3. The third-order valence-corrected chi connectivity index (χ3v) is 4.88. The van der Waals surface area contributed by atoms with Gasteiger partial charge in [0, 0.05) is 14.3 Å². The lowest BCUT2D eigenvalue weighted by Gasteiger charge is -2.08. The van der Waals surface area contributed by atoms with Gasteiger partial charge in [0.15, 0.2) is 0 Å². The highest BCUT2D eigenvalue weighted by molar-refractivity contribution is 14.1. The Hall–Kier alpha value is -1.19. The third-order valence-electron chi connectivity index (χ3n) is 2.59. The summed E-state index contributed by atoms with van der Waals surface area (Å²) in [6.07, 6.45) is 0. The Morgan fingerprint density at radius 1 is 1.19 bits per heavy atom. The maximum atomic E-state index is 13.8. The normalized spacial score (nSPS) is 11.2. The summed E-state index contributed by atoms with van der Waals surface area (Å²) in [4.78, 5) is 11.7. The summed E-state index contributed by atoms with van der Waals surface area (Å²) >= 11 is 1.99. The molecule has 0 fully saturated rings. The molecule has 2 aromatic rings. The molecule has 0 aliphatic rings. The van der Waals surface area contributed by atoms with Gasteiger partial charge in [-0.15, -0.1) is 0 Å². The first-order valence-corrected chi connectivity index (χ1v) is 8.98. The Morgan fingerprint density at radius 2 is 1.86 bits per heavy atom. The molecule has 0 atom stereocenters. The molecule has 0 saturated heterocycles. The van der Waals surface area contributed by atoms with Crippen LogP contribution in [0.3, 0.4) is 0 Å². The molecule has 110 valence electrons. The summed E-state index contributed by atoms with van der Waals surface area (Å²) in [7, 11) is 1.11. The van der Waals surface area contributed by atoms with Gasteiger partial charge < -0.3 is 5.32 Å². The molecule has 8 heteroatoms. The summed E-state index contributed by atoms with van der Waals surface area (Å²) < 4.78 is 36.7. The molecule has 1 N–H and O–H groups in total. The molecule has 0 saturated carbocycles. The molecule has 2 aromatic carbocycles. The van der Waals surface area contributed by atoms with Crippen molar-refractivity contribution in [2.45, 2.75) is 4.90 Å². The van der Waals surface area contributed by atoms with E-state index in [2.05, 4.69) is 5.32 Å². The maximum absolute atomic E-state index is 13.8. The minimum Gasteiger partial charge on any atom is -0.319 e. The van der Waals surface area contributed by atoms with Crippen LogP contribution in [0.5, 0.6) is 0 Å². The number of rotatable bonds is 3. The zero-order valence-electron chi connectivity index (χ0n) is 10.3. The lowest BCUT2D eigenvalue weighted by molar-refractivity contribution is 0.102. The number of carbonyl (C=O) groups is 1. The van der Waals surface area contributed by atoms with Crippen LogP contribution < -0.4 is 5.32 Å². The first kappa shape index (κ1) is 16.2. The fourth-order valence-electron chi connectivity index (χ4n) is 1.58. The van der Waals surface area contributed by atoms with Crippen LogP contribution in [0, 0.1) is 9.39 Å². The second kappa shape index (κ2) is 6.29. The molecule has 0 aromatic heterocycles. The summed E-state index contributed by atoms with van der Waals surface area (Å²) in [5.74, 6) is -1.36. The van der Waals surface area contributed by atoms with Gasteiger partial charge in [0.2, 0.25) is 0 Å². The van der Waals surface area contributed by atoms with Crippen molar-refractivity contribution in [1.82, 2.24) is 0 Å². The second-order valence-electron chi connectivity index (χ2n) is 4.01. The summed E-state index contributed by atoms with van der Waals surface area (Å²) in [5.41, 5.74) is 0.273. The summed E-state index contributed by atoms with van der Waals surface area (Å²) in [6.45, 7) is 0. The van der Waals surface area contributed by atoms with E-state index >= 15 is 0 Å². The fourth-order valence-corrected chi connectivity index (χ4v) is 2.98. The number of nitrogens with one attached hydrogen (secondary N) is 1. The smallest absolute Gasteiger partial charge is 0.261 e. The van der Waals surface area contributed by atoms with Crippen molar-refractivity contribution in [3.8, 4) is 0 Å². The van der Waals surface area contributed by atoms with Crippen LogP contribution in [0.4, 0.5) is 10.1 Å². The molecule has 21 heavy (non-hydrogen) atoms. The predicted molar refractivity (Wildman–Crippen MR) is 86.6 cm³/mol. The predicted octanol–water partition coefficient (Wildman–Crippen LogP) is 3.61. The zero-order chi connectivity index (χ0) is 15.6.